The van der Waals surface area contributed by atoms with Crippen LogP contribution in [0, 0.1) is 0 Å². The number of rotatable bonds is 7. The second-order valence-corrected chi connectivity index (χ2v) is 9.93. The summed E-state index contributed by atoms with van der Waals surface area (Å²) in [6.45, 7) is 2.40. The molecule has 0 radical (unpaired) electrons. The lowest BCUT2D eigenvalue weighted by atomic mass is 10.3. The number of fused-ring (bicyclic) bond motifs is 1. The summed E-state index contributed by atoms with van der Waals surface area (Å²) in [7, 11) is -2.41. The molecule has 2 aromatic heterocycles. The molecule has 3 rings (SSSR count). The molecule has 0 saturated heterocycles. The number of sulfonamides is 1. The number of para-hydroxylation sites is 2. The number of hydrogen-bond acceptors (Lipinski definition) is 5. The van der Waals surface area contributed by atoms with Gasteiger partial charge in [0.25, 0.3) is 10.0 Å². The van der Waals surface area contributed by atoms with Gasteiger partial charge in [-0.2, -0.15) is 4.31 Å². The molecule has 10 heteroatoms. The van der Waals surface area contributed by atoms with Crippen molar-refractivity contribution < 1.29 is 13.2 Å². The standard InChI is InChI=1S/C17H19ClN4O3S2/c1-3-10-22-13-7-5-4-6-12(13)19-17(22)20-15(23)11-21(2)27(24,25)16-9-8-14(18)26-16/h4-9H,3,10-11H2,1-2H3,(H,19,20,23). The quantitative estimate of drug-likeness (QED) is 0.627. The van der Waals surface area contributed by atoms with Gasteiger partial charge in [0.2, 0.25) is 11.9 Å². The fourth-order valence-electron chi connectivity index (χ4n) is 2.66. The third-order valence-corrected chi connectivity index (χ3v) is 7.43. The Morgan fingerprint density at radius 3 is 2.70 bits per heavy atom. The van der Waals surface area contributed by atoms with E-state index >= 15 is 0 Å². The van der Waals surface area contributed by atoms with Crippen LogP contribution in [0.4, 0.5) is 5.95 Å². The van der Waals surface area contributed by atoms with E-state index in [-0.39, 0.29) is 10.8 Å². The summed E-state index contributed by atoms with van der Waals surface area (Å²) >= 11 is 6.77. The minimum absolute atomic E-state index is 0.0982. The molecule has 0 bridgehead atoms. The van der Waals surface area contributed by atoms with Crippen LogP contribution in [0.3, 0.4) is 0 Å². The molecule has 144 valence electrons. The molecule has 0 atom stereocenters. The first kappa shape index (κ1) is 19.8. The molecule has 0 spiro atoms. The van der Waals surface area contributed by atoms with Gasteiger partial charge in [0.1, 0.15) is 4.21 Å². The number of halogens is 1. The minimum atomic E-state index is -3.77. The van der Waals surface area contributed by atoms with E-state index in [1.807, 2.05) is 35.8 Å². The molecule has 0 fully saturated rings. The number of aromatic nitrogens is 2. The summed E-state index contributed by atoms with van der Waals surface area (Å²) in [6.07, 6.45) is 0.872. The number of amides is 1. The SMILES string of the molecule is CCCn1c(NC(=O)CN(C)S(=O)(=O)c2ccc(Cl)s2)nc2ccccc21. The first-order valence-electron chi connectivity index (χ1n) is 8.29. The van der Waals surface area contributed by atoms with Crippen molar-refractivity contribution in [2.45, 2.75) is 24.1 Å². The highest BCUT2D eigenvalue weighted by atomic mass is 35.5. The Morgan fingerprint density at radius 2 is 2.04 bits per heavy atom. The van der Waals surface area contributed by atoms with Gasteiger partial charge in [0.05, 0.1) is 21.9 Å². The lowest BCUT2D eigenvalue weighted by Crippen LogP contribution is -2.35. The van der Waals surface area contributed by atoms with Crippen molar-refractivity contribution in [3.63, 3.8) is 0 Å². The number of hydrogen-bond donors (Lipinski definition) is 1. The summed E-state index contributed by atoms with van der Waals surface area (Å²) in [6, 6.07) is 10.5. The molecule has 1 aromatic carbocycles. The van der Waals surface area contributed by atoms with Crippen molar-refractivity contribution in [2.75, 3.05) is 18.9 Å². The van der Waals surface area contributed by atoms with Crippen LogP contribution >= 0.6 is 22.9 Å². The molecule has 0 aliphatic heterocycles. The Labute approximate surface area is 166 Å². The maximum atomic E-state index is 12.5. The van der Waals surface area contributed by atoms with Crippen molar-refractivity contribution in [3.8, 4) is 0 Å². The molecule has 3 aromatic rings. The number of imidazole rings is 1. The number of nitrogens with one attached hydrogen (secondary N) is 1. The Bertz CT molecular complexity index is 1070. The second-order valence-electron chi connectivity index (χ2n) is 5.94. The minimum Gasteiger partial charge on any atom is -0.310 e. The van der Waals surface area contributed by atoms with Crippen LogP contribution in [-0.4, -0.2) is 41.8 Å². The number of likely N-dealkylation sites (N-methyl/N-ethyl adjacent to an activating group) is 1. The average molecular weight is 427 g/mol. The molecule has 2 heterocycles. The van der Waals surface area contributed by atoms with Crippen molar-refractivity contribution in [1.29, 1.82) is 0 Å². The molecule has 7 nitrogen and oxygen atoms in total. The maximum Gasteiger partial charge on any atom is 0.252 e. The van der Waals surface area contributed by atoms with E-state index in [2.05, 4.69) is 10.3 Å². The average Bonchev–Trinajstić information content (AvgIpc) is 3.20. The van der Waals surface area contributed by atoms with Crippen molar-refractivity contribution in [3.05, 3.63) is 40.7 Å². The van der Waals surface area contributed by atoms with Crippen LogP contribution in [0.25, 0.3) is 11.0 Å². The van der Waals surface area contributed by atoms with Gasteiger partial charge in [-0.1, -0.05) is 30.7 Å². The Kier molecular flexibility index (Phi) is 5.85. The molecule has 0 unspecified atom stereocenters. The third-order valence-electron chi connectivity index (χ3n) is 3.93. The third kappa shape index (κ3) is 4.16. The van der Waals surface area contributed by atoms with Gasteiger partial charge >= 0.3 is 0 Å². The highest BCUT2D eigenvalue weighted by molar-refractivity contribution is 7.91. The molecule has 27 heavy (non-hydrogen) atoms. The van der Waals surface area contributed by atoms with Gasteiger partial charge in [-0.05, 0) is 30.7 Å². The number of thiophene rings is 1. The number of aryl methyl sites for hydroxylation is 1. The fourth-order valence-corrected chi connectivity index (χ4v) is 5.48. The van der Waals surface area contributed by atoms with Gasteiger partial charge in [0.15, 0.2) is 0 Å². The highest BCUT2D eigenvalue weighted by Crippen LogP contribution is 2.27. The molecule has 0 aliphatic rings. The van der Waals surface area contributed by atoms with Crippen LogP contribution < -0.4 is 5.32 Å². The largest absolute Gasteiger partial charge is 0.310 e. The maximum absolute atomic E-state index is 12.5. The summed E-state index contributed by atoms with van der Waals surface area (Å²) in [4.78, 5) is 16.9. The van der Waals surface area contributed by atoms with E-state index < -0.39 is 15.9 Å². The molecule has 1 amide bonds. The van der Waals surface area contributed by atoms with Crippen LogP contribution in [0.1, 0.15) is 13.3 Å². The number of carbonyl (C=O) groups excluding carboxylic acids is 1. The van der Waals surface area contributed by atoms with E-state index in [9.17, 15) is 13.2 Å². The summed E-state index contributed by atoms with van der Waals surface area (Å²) in [5.41, 5.74) is 1.69. The lowest BCUT2D eigenvalue weighted by Gasteiger charge is -2.16. The van der Waals surface area contributed by atoms with Gasteiger partial charge < -0.3 is 4.57 Å². The zero-order valence-corrected chi connectivity index (χ0v) is 17.2. The number of benzene rings is 1. The van der Waals surface area contributed by atoms with Crippen LogP contribution in [0.2, 0.25) is 4.34 Å². The predicted molar refractivity (Wildman–Crippen MR) is 108 cm³/mol. The Hall–Kier alpha value is -1.94. The molecule has 0 aliphatic carbocycles. The predicted octanol–water partition coefficient (Wildman–Crippen LogP) is 3.42. The Morgan fingerprint density at radius 1 is 1.30 bits per heavy atom. The van der Waals surface area contributed by atoms with E-state index in [4.69, 9.17) is 11.6 Å². The van der Waals surface area contributed by atoms with Gasteiger partial charge in [-0.15, -0.1) is 11.3 Å². The molecule has 1 N–H and O–H groups in total. The summed E-state index contributed by atoms with van der Waals surface area (Å²) in [5, 5.41) is 2.73. The topological polar surface area (TPSA) is 84.3 Å². The second kappa shape index (κ2) is 7.97. The van der Waals surface area contributed by atoms with Crippen molar-refractivity contribution >= 4 is 55.8 Å². The van der Waals surface area contributed by atoms with Gasteiger partial charge in [0, 0.05) is 13.6 Å². The highest BCUT2D eigenvalue weighted by Gasteiger charge is 2.25. The van der Waals surface area contributed by atoms with E-state index in [1.165, 1.54) is 19.2 Å². The van der Waals surface area contributed by atoms with Crippen LogP contribution in [0.5, 0.6) is 0 Å². The molecular formula is C17H19ClN4O3S2. The molecular weight excluding hydrogens is 408 g/mol. The lowest BCUT2D eigenvalue weighted by molar-refractivity contribution is -0.116. The van der Waals surface area contributed by atoms with E-state index in [1.54, 1.807) is 0 Å². The first-order valence-corrected chi connectivity index (χ1v) is 10.9. The van der Waals surface area contributed by atoms with Crippen molar-refractivity contribution in [2.24, 2.45) is 0 Å². The van der Waals surface area contributed by atoms with Gasteiger partial charge in [-0.3, -0.25) is 10.1 Å². The Balaban J connectivity index is 1.78. The van der Waals surface area contributed by atoms with E-state index in [0.717, 1.165) is 33.1 Å². The fraction of sp³-hybridized carbons (Fsp3) is 0.294. The van der Waals surface area contributed by atoms with Gasteiger partial charge in [-0.25, -0.2) is 13.4 Å². The molecule has 0 saturated carbocycles. The van der Waals surface area contributed by atoms with Crippen LogP contribution in [0.15, 0.2) is 40.6 Å². The van der Waals surface area contributed by atoms with Crippen molar-refractivity contribution in [1.82, 2.24) is 13.9 Å². The summed E-state index contributed by atoms with van der Waals surface area (Å²) in [5.74, 6) is -0.0515. The number of nitrogens with zero attached hydrogens (tertiary/aromatic N) is 3. The first-order chi connectivity index (χ1) is 12.8. The summed E-state index contributed by atoms with van der Waals surface area (Å²) < 4.78 is 28.4. The number of anilines is 1. The smallest absolute Gasteiger partial charge is 0.252 e. The zero-order chi connectivity index (χ0) is 19.6. The normalized spacial score (nSPS) is 12.0. The number of carbonyl (C=O) groups is 1. The zero-order valence-electron chi connectivity index (χ0n) is 14.8. The van der Waals surface area contributed by atoms with E-state index in [0.29, 0.717) is 16.8 Å². The van der Waals surface area contributed by atoms with Crippen LogP contribution in [-0.2, 0) is 21.4 Å². The monoisotopic (exact) mass is 426 g/mol.